The molecule has 0 aliphatic carbocycles. The highest BCUT2D eigenvalue weighted by Gasteiger charge is 2.25. The van der Waals surface area contributed by atoms with Gasteiger partial charge in [0.25, 0.3) is 0 Å². The van der Waals surface area contributed by atoms with Crippen LogP contribution in [0.5, 0.6) is 0 Å². The van der Waals surface area contributed by atoms with Gasteiger partial charge in [-0.15, -0.1) is 0 Å². The zero-order valence-electron chi connectivity index (χ0n) is 6.60. The highest BCUT2D eigenvalue weighted by atomic mass is 32.2. The van der Waals surface area contributed by atoms with E-state index in [4.69, 9.17) is 10.2 Å². The fourth-order valence-electron chi connectivity index (χ4n) is 0.950. The van der Waals surface area contributed by atoms with Crippen molar-refractivity contribution < 1.29 is 15.0 Å². The summed E-state index contributed by atoms with van der Waals surface area (Å²) >= 11 is 1.27. The second-order valence-corrected chi connectivity index (χ2v) is 3.15. The maximum atomic E-state index is 10.6. The molecule has 0 spiro atoms. The molecule has 12 heavy (non-hydrogen) atoms. The fourth-order valence-corrected chi connectivity index (χ4v) is 1.53. The number of hydrogen-bond donors (Lipinski definition) is 2. The highest BCUT2D eigenvalue weighted by Crippen LogP contribution is 2.11. The molecule has 0 aromatic heterocycles. The van der Waals surface area contributed by atoms with E-state index in [-0.39, 0.29) is 6.54 Å². The Morgan fingerprint density at radius 1 is 1.83 bits per heavy atom. The number of carbonyl (C=O) groups is 1. The minimum absolute atomic E-state index is 0.120. The summed E-state index contributed by atoms with van der Waals surface area (Å²) in [5.41, 5.74) is 0. The number of β-amino-alcohol motifs (C(OH)–C–C–N with tert-alkyl or cyclic N) is 1. The van der Waals surface area contributed by atoms with Gasteiger partial charge in [-0.3, -0.25) is 9.89 Å². The summed E-state index contributed by atoms with van der Waals surface area (Å²) < 4.78 is 0. The third kappa shape index (κ3) is 1.89. The van der Waals surface area contributed by atoms with Gasteiger partial charge in [-0.25, -0.2) is 4.79 Å². The maximum Gasteiger partial charge on any atom is 0.413 e. The number of aliphatic imine (C=N–C) groups is 1. The van der Waals surface area contributed by atoms with Crippen LogP contribution in [0.15, 0.2) is 4.99 Å². The Labute approximate surface area is 74.1 Å². The van der Waals surface area contributed by atoms with Gasteiger partial charge < -0.3 is 10.2 Å². The van der Waals surface area contributed by atoms with Crippen molar-refractivity contribution in [2.24, 2.45) is 4.99 Å². The molecule has 1 aliphatic rings. The predicted octanol–water partition coefficient (Wildman–Crippen LogP) is 0.0599. The summed E-state index contributed by atoms with van der Waals surface area (Å²) in [6, 6.07) is 0. The predicted molar refractivity (Wildman–Crippen MR) is 46.6 cm³/mol. The SMILES string of the molecule is CSC1=NCC(O)CN1C(=O)O. The van der Waals surface area contributed by atoms with Gasteiger partial charge in [0.05, 0.1) is 19.2 Å². The van der Waals surface area contributed by atoms with Gasteiger partial charge in [-0.2, -0.15) is 0 Å². The standard InChI is InChI=1S/C6H10N2O3S/c1-12-5-7-2-4(9)3-8(5)6(10)11/h4,9H,2-3H2,1H3,(H,10,11). The molecule has 1 atom stereocenters. The lowest BCUT2D eigenvalue weighted by Crippen LogP contribution is -2.44. The number of hydrogen-bond acceptors (Lipinski definition) is 4. The third-order valence-corrected chi connectivity index (χ3v) is 2.19. The van der Waals surface area contributed by atoms with Crippen molar-refractivity contribution in [2.75, 3.05) is 19.3 Å². The molecular weight excluding hydrogens is 180 g/mol. The molecule has 1 unspecified atom stereocenters. The number of amidine groups is 1. The first-order chi connectivity index (χ1) is 5.65. The van der Waals surface area contributed by atoms with Crippen molar-refractivity contribution >= 4 is 23.0 Å². The van der Waals surface area contributed by atoms with E-state index < -0.39 is 12.2 Å². The summed E-state index contributed by atoms with van der Waals surface area (Å²) in [5.74, 6) is 0. The molecule has 0 aromatic rings. The highest BCUT2D eigenvalue weighted by molar-refractivity contribution is 8.13. The fraction of sp³-hybridized carbons (Fsp3) is 0.667. The number of aliphatic hydroxyl groups excluding tert-OH is 1. The largest absolute Gasteiger partial charge is 0.465 e. The molecular formula is C6H10N2O3S. The molecule has 1 heterocycles. The van der Waals surface area contributed by atoms with Crippen molar-refractivity contribution in [1.82, 2.24) is 4.90 Å². The van der Waals surface area contributed by atoms with E-state index in [0.29, 0.717) is 11.7 Å². The molecule has 5 nitrogen and oxygen atoms in total. The normalized spacial score (nSPS) is 23.7. The van der Waals surface area contributed by atoms with Crippen molar-refractivity contribution in [1.29, 1.82) is 0 Å². The molecule has 0 saturated carbocycles. The number of rotatable bonds is 0. The Hall–Kier alpha value is -0.750. The molecule has 0 saturated heterocycles. The monoisotopic (exact) mass is 190 g/mol. The molecule has 0 fully saturated rings. The number of thioether (sulfide) groups is 1. The van der Waals surface area contributed by atoms with E-state index in [0.717, 1.165) is 4.90 Å². The molecule has 6 heteroatoms. The van der Waals surface area contributed by atoms with E-state index in [9.17, 15) is 4.79 Å². The van der Waals surface area contributed by atoms with E-state index in [2.05, 4.69) is 4.99 Å². The van der Waals surface area contributed by atoms with Crippen LogP contribution in [0.3, 0.4) is 0 Å². The Morgan fingerprint density at radius 2 is 2.50 bits per heavy atom. The van der Waals surface area contributed by atoms with Gasteiger partial charge in [-0.1, -0.05) is 11.8 Å². The molecule has 0 aromatic carbocycles. The third-order valence-electron chi connectivity index (χ3n) is 1.48. The minimum atomic E-state index is -1.07. The maximum absolute atomic E-state index is 10.6. The second-order valence-electron chi connectivity index (χ2n) is 2.37. The average Bonchev–Trinajstić information content (AvgIpc) is 2.04. The van der Waals surface area contributed by atoms with Crippen molar-refractivity contribution in [3.8, 4) is 0 Å². The average molecular weight is 190 g/mol. The van der Waals surface area contributed by atoms with Gasteiger partial charge in [-0.05, 0) is 6.26 Å². The lowest BCUT2D eigenvalue weighted by Gasteiger charge is -2.26. The molecule has 2 N–H and O–H groups in total. The lowest BCUT2D eigenvalue weighted by molar-refractivity contribution is 0.122. The summed E-state index contributed by atoms with van der Waals surface area (Å²) in [6.45, 7) is 0.412. The number of nitrogens with zero attached hydrogens (tertiary/aromatic N) is 2. The Balaban J connectivity index is 2.75. The molecule has 0 radical (unpaired) electrons. The summed E-state index contributed by atoms with van der Waals surface area (Å²) in [7, 11) is 0. The summed E-state index contributed by atoms with van der Waals surface area (Å²) in [6.07, 6.45) is 0.0192. The van der Waals surface area contributed by atoms with E-state index in [1.54, 1.807) is 6.26 Å². The summed E-state index contributed by atoms with van der Waals surface area (Å²) in [4.78, 5) is 15.6. The zero-order valence-corrected chi connectivity index (χ0v) is 7.41. The van der Waals surface area contributed by atoms with Crippen LogP contribution in [0.25, 0.3) is 0 Å². The van der Waals surface area contributed by atoms with Gasteiger partial charge in [0.1, 0.15) is 0 Å². The van der Waals surface area contributed by atoms with E-state index >= 15 is 0 Å². The molecule has 1 aliphatic heterocycles. The molecule has 1 amide bonds. The van der Waals surface area contributed by atoms with Crippen LogP contribution in [0.4, 0.5) is 4.79 Å². The number of carboxylic acid groups (broad SMARTS) is 1. The first-order valence-corrected chi connectivity index (χ1v) is 4.64. The Kier molecular flexibility index (Phi) is 2.93. The zero-order chi connectivity index (χ0) is 9.14. The first kappa shape index (κ1) is 9.34. The van der Waals surface area contributed by atoms with Crippen LogP contribution in [-0.4, -0.2) is 51.8 Å². The van der Waals surface area contributed by atoms with E-state index in [1.807, 2.05) is 0 Å². The minimum Gasteiger partial charge on any atom is -0.465 e. The van der Waals surface area contributed by atoms with Crippen LogP contribution in [0.2, 0.25) is 0 Å². The number of amides is 1. The molecule has 1 rings (SSSR count). The van der Waals surface area contributed by atoms with Crippen LogP contribution in [0.1, 0.15) is 0 Å². The smallest absolute Gasteiger partial charge is 0.413 e. The second kappa shape index (κ2) is 3.77. The number of aliphatic hydroxyl groups is 1. The quantitative estimate of drug-likeness (QED) is 0.566. The molecule has 68 valence electrons. The Bertz CT molecular complexity index is 219. The van der Waals surface area contributed by atoms with Gasteiger partial charge in [0, 0.05) is 0 Å². The van der Waals surface area contributed by atoms with Crippen molar-refractivity contribution in [3.63, 3.8) is 0 Å². The van der Waals surface area contributed by atoms with Crippen LogP contribution < -0.4 is 0 Å². The van der Waals surface area contributed by atoms with E-state index in [1.165, 1.54) is 11.8 Å². The topological polar surface area (TPSA) is 73.1 Å². The van der Waals surface area contributed by atoms with Crippen LogP contribution >= 0.6 is 11.8 Å². The molecule has 0 bridgehead atoms. The first-order valence-electron chi connectivity index (χ1n) is 3.42. The van der Waals surface area contributed by atoms with Crippen LogP contribution in [-0.2, 0) is 0 Å². The van der Waals surface area contributed by atoms with Crippen molar-refractivity contribution in [2.45, 2.75) is 6.10 Å². The Morgan fingerprint density at radius 3 is 3.00 bits per heavy atom. The van der Waals surface area contributed by atoms with Crippen LogP contribution in [0, 0.1) is 0 Å². The van der Waals surface area contributed by atoms with Gasteiger partial charge >= 0.3 is 6.09 Å². The van der Waals surface area contributed by atoms with Gasteiger partial charge in [0.15, 0.2) is 5.17 Å². The van der Waals surface area contributed by atoms with Crippen molar-refractivity contribution in [3.05, 3.63) is 0 Å². The lowest BCUT2D eigenvalue weighted by atomic mass is 10.3. The van der Waals surface area contributed by atoms with Gasteiger partial charge in [0.2, 0.25) is 0 Å². The summed E-state index contributed by atoms with van der Waals surface area (Å²) in [5, 5.41) is 18.3.